The summed E-state index contributed by atoms with van der Waals surface area (Å²) in [7, 11) is 12.4. The molecule has 0 aromatic rings. The van der Waals surface area contributed by atoms with Crippen molar-refractivity contribution < 1.29 is 38.6 Å². The van der Waals surface area contributed by atoms with Crippen molar-refractivity contribution >= 4 is 0 Å². The maximum Gasteiger partial charge on any atom is 0.101 e. The topological polar surface area (TPSA) is 123 Å². The molecule has 2 unspecified atom stereocenters. The zero-order chi connectivity index (χ0) is 19.3. The van der Waals surface area contributed by atoms with Gasteiger partial charge in [-0.25, -0.2) is 28.4 Å². The molecule has 1 saturated heterocycles. The molecule has 9 nitrogen and oxygen atoms in total. The van der Waals surface area contributed by atoms with Crippen molar-refractivity contribution in [1.29, 1.82) is 5.26 Å². The summed E-state index contributed by atoms with van der Waals surface area (Å²) in [6.45, 7) is 2.59. The number of aliphatic hydroxyl groups excluding tert-OH is 2. The average molecular weight is 897 g/mol. The van der Waals surface area contributed by atoms with E-state index in [2.05, 4.69) is 47.4 Å². The van der Waals surface area contributed by atoms with Crippen LogP contribution in [0, 0.1) is 39.8 Å². The van der Waals surface area contributed by atoms with E-state index < -0.39 is 12.2 Å². The van der Waals surface area contributed by atoms with E-state index in [4.69, 9.17) is 24.9 Å². The number of nitrogens with zero attached hydrogens (tertiary/aromatic N) is 1. The normalized spacial score (nSPS) is 15.0. The van der Waals surface area contributed by atoms with Crippen molar-refractivity contribution in [3.8, 4) is 6.07 Å². The Labute approximate surface area is 150 Å². The fourth-order valence-corrected chi connectivity index (χ4v) is 1.14. The molecule has 0 aromatic heterocycles. The van der Waals surface area contributed by atoms with Crippen molar-refractivity contribution in [3.63, 3.8) is 0 Å². The third-order valence-corrected chi connectivity index (χ3v) is 2.31. The fraction of sp³-hybridized carbons (Fsp3) is 0.688. The van der Waals surface area contributed by atoms with Crippen molar-refractivity contribution in [2.45, 2.75) is 24.7 Å². The second kappa shape index (κ2) is 25.4. The molecule has 27 heavy (non-hydrogen) atoms. The van der Waals surface area contributed by atoms with E-state index >= 15 is 0 Å². The summed E-state index contributed by atoms with van der Waals surface area (Å²) in [5, 5.41) is 25.8. The Balaban J connectivity index is -0.000000147. The van der Waals surface area contributed by atoms with E-state index in [-0.39, 0.29) is 26.4 Å². The van der Waals surface area contributed by atoms with Gasteiger partial charge in [0.25, 0.3) is 0 Å². The molecule has 1 aliphatic heterocycles. The molecular formula is C16H29NO8Rf2-4. The molecule has 2 N–H and O–H groups in total. The van der Waals surface area contributed by atoms with Gasteiger partial charge in [-0.15, -0.1) is 0 Å². The van der Waals surface area contributed by atoms with E-state index in [1.54, 1.807) is 0 Å². The van der Waals surface area contributed by atoms with Crippen molar-refractivity contribution in [3.05, 3.63) is 28.4 Å². The predicted octanol–water partition coefficient (Wildman–Crippen LogP) is 0.243. The number of epoxide rings is 1. The van der Waals surface area contributed by atoms with Crippen LogP contribution in [0.4, 0.5) is 0 Å². The quantitative estimate of drug-likeness (QED) is 0.161. The van der Waals surface area contributed by atoms with Gasteiger partial charge in [-0.05, 0) is 0 Å². The summed E-state index contributed by atoms with van der Waals surface area (Å²) in [5.41, 5.74) is 0. The Morgan fingerprint density at radius 2 is 1.37 bits per heavy atom. The van der Waals surface area contributed by atoms with E-state index in [9.17, 15) is 0 Å². The van der Waals surface area contributed by atoms with E-state index in [0.717, 1.165) is 6.61 Å². The van der Waals surface area contributed by atoms with Crippen LogP contribution in [-0.4, -0.2) is 74.8 Å². The summed E-state index contributed by atoms with van der Waals surface area (Å²) in [6.07, 6.45) is -0.545. The van der Waals surface area contributed by atoms with Gasteiger partial charge < -0.3 is 38.6 Å². The molecule has 11 heteroatoms. The monoisotopic (exact) mass is 897 g/mol. The first-order valence-electron chi connectivity index (χ1n) is 7.45. The van der Waals surface area contributed by atoms with Gasteiger partial charge in [-0.1, -0.05) is 0 Å². The van der Waals surface area contributed by atoms with Crippen LogP contribution in [0.25, 0.3) is 0 Å². The van der Waals surface area contributed by atoms with Crippen LogP contribution in [0.2, 0.25) is 0 Å². The number of nitriles is 1. The minimum atomic E-state index is -0.647. The summed E-state index contributed by atoms with van der Waals surface area (Å²) in [5.74, 6) is 0. The van der Waals surface area contributed by atoms with Crippen LogP contribution in [0.5, 0.6) is 0 Å². The summed E-state index contributed by atoms with van der Waals surface area (Å²) < 4.78 is 27.3. The molecule has 0 aromatic carbocycles. The molecule has 0 amide bonds. The molecule has 1 fully saturated rings. The van der Waals surface area contributed by atoms with Crippen LogP contribution in [0.15, 0.2) is 0 Å². The zero-order valence-electron chi connectivity index (χ0n) is 15.9. The van der Waals surface area contributed by atoms with Gasteiger partial charge in [0.05, 0.1) is 44.5 Å². The Hall–Kier alpha value is -2.83. The Kier molecular flexibility index (Phi) is 30.0. The van der Waals surface area contributed by atoms with Crippen molar-refractivity contribution in [1.82, 2.24) is 0 Å². The minimum Gasteiger partial charge on any atom is -0.553 e. The molecule has 0 spiro atoms. The standard InChI is InChI=1S/C7H12NO3.C5H10O3.C4H7O2.2Rf/c1-10-5-7(9)6-11-4-2-3-8;1-7-3-5(6)4-8-2;1-5-2-4-3-6-4;;/h7,9H,1-2,4-6H2;5-6H,1-4H2;4H,1-3H2;;/q-1;-2;-1;;. The first-order valence-corrected chi connectivity index (χ1v) is 7.45. The second-order valence-corrected chi connectivity index (χ2v) is 4.73. The summed E-state index contributed by atoms with van der Waals surface area (Å²) in [6, 6.07) is 1.92. The van der Waals surface area contributed by atoms with E-state index in [0.29, 0.717) is 25.7 Å². The van der Waals surface area contributed by atoms with Gasteiger partial charge in [0.2, 0.25) is 0 Å². The largest absolute Gasteiger partial charge is 0.553 e. The third-order valence-electron chi connectivity index (χ3n) is 2.31. The van der Waals surface area contributed by atoms with Gasteiger partial charge >= 0.3 is 0 Å². The van der Waals surface area contributed by atoms with Crippen LogP contribution in [0.1, 0.15) is 6.42 Å². The first kappa shape index (κ1) is 31.9. The summed E-state index contributed by atoms with van der Waals surface area (Å²) in [4.78, 5) is 0. The average Bonchev–Trinajstić information content (AvgIpc) is 3.38. The number of ether oxygens (including phenoxy) is 6. The smallest absolute Gasteiger partial charge is 0.101 e. The number of rotatable bonds is 12. The van der Waals surface area contributed by atoms with E-state index in [1.807, 2.05) is 6.07 Å². The van der Waals surface area contributed by atoms with E-state index in [1.165, 1.54) is 0 Å². The summed E-state index contributed by atoms with van der Waals surface area (Å²) >= 11 is 0. The second-order valence-electron chi connectivity index (χ2n) is 4.73. The molecule has 2 atom stereocenters. The maximum atomic E-state index is 8.98. The van der Waals surface area contributed by atoms with Crippen LogP contribution >= 0.6 is 0 Å². The molecule has 0 bridgehead atoms. The van der Waals surface area contributed by atoms with Gasteiger partial charge in [-0.3, -0.25) is 0 Å². The minimum absolute atomic E-state index is 0. The Bertz CT molecular complexity index is 301. The molecule has 1 rings (SSSR count). The van der Waals surface area contributed by atoms with Crippen LogP contribution in [0.3, 0.4) is 0 Å². The molecular weight excluding hydrogens is 868 g/mol. The number of hydrogen-bond acceptors (Lipinski definition) is 9. The molecule has 0 radical (unpaired) electrons. The molecule has 1 aliphatic rings. The van der Waals surface area contributed by atoms with Crippen molar-refractivity contribution in [2.75, 3.05) is 46.2 Å². The molecule has 1 heterocycles. The van der Waals surface area contributed by atoms with Gasteiger partial charge in [0, 0.05) is 26.4 Å². The van der Waals surface area contributed by atoms with Crippen LogP contribution in [-0.2, 0) is 28.4 Å². The van der Waals surface area contributed by atoms with Crippen LogP contribution < -0.4 is 0 Å². The first-order chi connectivity index (χ1) is 12.0. The molecule has 154 valence electrons. The van der Waals surface area contributed by atoms with Crippen molar-refractivity contribution in [2.24, 2.45) is 0 Å². The predicted molar refractivity (Wildman–Crippen MR) is 88.0 cm³/mol. The van der Waals surface area contributed by atoms with Gasteiger partial charge in [0.15, 0.2) is 0 Å². The zero-order valence-corrected chi connectivity index (χ0v) is 28.7. The molecule has 0 saturated carbocycles. The third kappa shape index (κ3) is 31.5. The fourth-order valence-electron chi connectivity index (χ4n) is 1.14. The SMILES string of the molecule is [CH2-]OCC(O)COCCC#N.[CH2-]OCC(O)CO[CH2-].[CH2-]OCC1CO1.[Rf].[Rf]. The Morgan fingerprint density at radius 3 is 1.67 bits per heavy atom. The maximum absolute atomic E-state index is 8.98. The number of aliphatic hydroxyl groups is 2. The molecule has 0 aliphatic carbocycles. The van der Waals surface area contributed by atoms with Gasteiger partial charge in [-0.2, -0.15) is 5.26 Å². The Morgan fingerprint density at radius 1 is 0.926 bits per heavy atom. The van der Waals surface area contributed by atoms with Gasteiger partial charge in [0.1, 0.15) is 6.10 Å². The number of hydrogen-bond donors (Lipinski definition) is 2.